The van der Waals surface area contributed by atoms with Gasteiger partial charge in [-0.05, 0) is 56.9 Å². The number of phosphoric acid groups is 2. The molecule has 2 heterocycles. The van der Waals surface area contributed by atoms with Crippen molar-refractivity contribution in [1.82, 2.24) is 9.55 Å². The van der Waals surface area contributed by atoms with E-state index in [9.17, 15) is 48.6 Å². The molecule has 0 bridgehead atoms. The maximum Gasteiger partial charge on any atom is 0.481 e. The predicted octanol–water partition coefficient (Wildman–Crippen LogP) is 7.43. The number of esters is 2. The van der Waals surface area contributed by atoms with Crippen molar-refractivity contribution in [3.8, 4) is 0 Å². The monoisotopic (exact) mass is 975 g/mol. The Morgan fingerprint density at radius 2 is 1.52 bits per heavy atom. The fourth-order valence-corrected chi connectivity index (χ4v) is 8.62. The number of rotatable bonds is 36. The Hall–Kier alpha value is -3.32. The molecule has 0 aliphatic carbocycles. The van der Waals surface area contributed by atoms with Crippen LogP contribution in [0.15, 0.2) is 65.7 Å². The number of carbonyl (C=O) groups excluding carboxylic acids is 2. The first-order valence-electron chi connectivity index (χ1n) is 23.1. The van der Waals surface area contributed by atoms with Crippen LogP contribution in [0.2, 0.25) is 0 Å². The molecule has 0 aromatic carbocycles. The maximum atomic E-state index is 12.8. The molecule has 376 valence electrons. The van der Waals surface area contributed by atoms with Crippen molar-refractivity contribution in [2.24, 2.45) is 5.92 Å². The van der Waals surface area contributed by atoms with Crippen LogP contribution in [0.5, 0.6) is 0 Å². The van der Waals surface area contributed by atoms with E-state index in [4.69, 9.17) is 29.0 Å². The van der Waals surface area contributed by atoms with E-state index in [0.29, 0.717) is 31.6 Å². The lowest BCUT2D eigenvalue weighted by molar-refractivity contribution is -0.161. The van der Waals surface area contributed by atoms with Gasteiger partial charge in [0.25, 0.3) is 0 Å². The van der Waals surface area contributed by atoms with Gasteiger partial charge in [-0.25, -0.2) is 13.9 Å². The number of nitrogen functional groups attached to an aromatic ring is 1. The second-order valence-electron chi connectivity index (χ2n) is 16.6. The number of hydrogen-bond acceptors (Lipinski definition) is 16. The number of aromatic nitrogens is 2. The molecule has 0 spiro atoms. The van der Waals surface area contributed by atoms with Crippen molar-refractivity contribution < 1.29 is 71.4 Å². The standard InChI is InChI=1S/C45H75N3O16P2/c1-4-5-6-7-8-9-12-16-21-26-36(49)27-22-17-14-19-24-29-41(51)62-37(32-59-40(50)28-23-18-13-10-11-15-20-25-35(2)3)33-60-65(55,56)64-66(57,58)61-34-38-42(52)43(53)44(63-38)48-31-30-39(46)47-45(48)54/h8-9,14,16-17,21-22,27,30-31,35-38,42-44,49,52-53H,4-7,10-13,15,18-20,23-26,28-29,32-34H2,1-3H3,(H,55,56)(H,57,58)(H2,46,47,54)/b9-8-,17-14+,21-16-,27-22-/t36?,37-,38-,42-,43-,44-/m1/s1. The summed E-state index contributed by atoms with van der Waals surface area (Å²) in [5, 5.41) is 31.0. The Morgan fingerprint density at radius 1 is 0.848 bits per heavy atom. The van der Waals surface area contributed by atoms with Crippen molar-refractivity contribution in [2.75, 3.05) is 25.6 Å². The fraction of sp³-hybridized carbons (Fsp3) is 0.689. The Morgan fingerprint density at radius 3 is 2.23 bits per heavy atom. The minimum absolute atomic E-state index is 0.0858. The number of aliphatic hydroxyl groups is 3. The van der Waals surface area contributed by atoms with Crippen LogP contribution in [0.1, 0.15) is 143 Å². The minimum atomic E-state index is -5.45. The highest BCUT2D eigenvalue weighted by molar-refractivity contribution is 7.61. The molecule has 19 nitrogen and oxygen atoms in total. The molecule has 8 atom stereocenters. The Labute approximate surface area is 389 Å². The van der Waals surface area contributed by atoms with Crippen LogP contribution in [0.3, 0.4) is 0 Å². The third kappa shape index (κ3) is 26.9. The molecule has 0 radical (unpaired) electrons. The third-order valence-electron chi connectivity index (χ3n) is 10.2. The quantitative estimate of drug-likeness (QED) is 0.0125. The Bertz CT molecular complexity index is 1820. The number of phosphoric ester groups is 2. The fourth-order valence-electron chi connectivity index (χ4n) is 6.51. The lowest BCUT2D eigenvalue weighted by atomic mass is 10.0. The highest BCUT2D eigenvalue weighted by Crippen LogP contribution is 2.60. The Kier molecular flexibility index (Phi) is 29.6. The molecular formula is C45H75N3O16P2. The van der Waals surface area contributed by atoms with Gasteiger partial charge in [0.05, 0.1) is 19.3 Å². The lowest BCUT2D eigenvalue weighted by Gasteiger charge is -2.21. The van der Waals surface area contributed by atoms with E-state index in [1.807, 2.05) is 12.2 Å². The first kappa shape index (κ1) is 58.8. The smallest absolute Gasteiger partial charge is 0.462 e. The molecule has 1 aliphatic rings. The van der Waals surface area contributed by atoms with Crippen molar-refractivity contribution in [1.29, 1.82) is 0 Å². The summed E-state index contributed by atoms with van der Waals surface area (Å²) in [6.07, 6.45) is 22.7. The molecule has 1 aromatic heterocycles. The number of hydrogen-bond donors (Lipinski definition) is 6. The van der Waals surface area contributed by atoms with Crippen LogP contribution in [0.4, 0.5) is 5.82 Å². The van der Waals surface area contributed by atoms with E-state index in [0.717, 1.165) is 49.3 Å². The third-order valence-corrected chi connectivity index (χ3v) is 12.8. The molecule has 3 unspecified atom stereocenters. The van der Waals surface area contributed by atoms with Gasteiger partial charge in [-0.2, -0.15) is 9.29 Å². The van der Waals surface area contributed by atoms with E-state index >= 15 is 0 Å². The van der Waals surface area contributed by atoms with Gasteiger partial charge in [0, 0.05) is 19.0 Å². The summed E-state index contributed by atoms with van der Waals surface area (Å²) in [6.45, 7) is 4.17. The van der Waals surface area contributed by atoms with Gasteiger partial charge in [-0.1, -0.05) is 127 Å². The molecule has 2 rings (SSSR count). The number of unbranched alkanes of at least 4 members (excludes halogenated alkanes) is 10. The SMILES string of the molecule is CCCCC/C=C\C/C=C\CC(O)/C=C\C=C\CCCC(=O)O[C@H](COC(=O)CCCCCCCCCC(C)C)COP(=O)(O)OP(=O)(O)OC[C@H]1O[C@@H](n2ccc(N)nc2=O)[C@H](O)[C@@H]1O. The van der Waals surface area contributed by atoms with E-state index in [2.05, 4.69) is 42.2 Å². The predicted molar refractivity (Wildman–Crippen MR) is 248 cm³/mol. The topological polar surface area (TPSA) is 286 Å². The second-order valence-corrected chi connectivity index (χ2v) is 19.6. The molecule has 1 fully saturated rings. The van der Waals surface area contributed by atoms with Crippen molar-refractivity contribution in [3.63, 3.8) is 0 Å². The first-order chi connectivity index (χ1) is 31.4. The second kappa shape index (κ2) is 33.2. The zero-order valence-electron chi connectivity index (χ0n) is 38.8. The van der Waals surface area contributed by atoms with Crippen molar-refractivity contribution >= 4 is 33.4 Å². The molecule has 1 aromatic rings. The zero-order valence-corrected chi connectivity index (χ0v) is 40.5. The van der Waals surface area contributed by atoms with Crippen molar-refractivity contribution in [3.05, 3.63) is 71.4 Å². The highest BCUT2D eigenvalue weighted by atomic mass is 31.3. The number of allylic oxidation sites excluding steroid dienone is 6. The molecular weight excluding hydrogens is 900 g/mol. The van der Waals surface area contributed by atoms with E-state index < -0.39 is 89.8 Å². The maximum absolute atomic E-state index is 12.8. The summed E-state index contributed by atoms with van der Waals surface area (Å²) >= 11 is 0. The van der Waals surface area contributed by atoms with Gasteiger partial charge in [-0.3, -0.25) is 23.2 Å². The first-order valence-corrected chi connectivity index (χ1v) is 26.1. The van der Waals surface area contributed by atoms with Gasteiger partial charge >= 0.3 is 33.3 Å². The van der Waals surface area contributed by atoms with Gasteiger partial charge in [0.15, 0.2) is 12.3 Å². The summed E-state index contributed by atoms with van der Waals surface area (Å²) < 4.78 is 56.4. The van der Waals surface area contributed by atoms with Crippen molar-refractivity contribution in [2.45, 2.75) is 173 Å². The number of nitrogens with two attached hydrogens (primary N) is 1. The number of anilines is 1. The lowest BCUT2D eigenvalue weighted by Crippen LogP contribution is -2.36. The summed E-state index contributed by atoms with van der Waals surface area (Å²) in [5.74, 6) is -0.755. The molecule has 66 heavy (non-hydrogen) atoms. The van der Waals surface area contributed by atoms with E-state index in [1.54, 1.807) is 24.3 Å². The van der Waals surface area contributed by atoms with Crippen LogP contribution < -0.4 is 11.4 Å². The molecule has 7 N–H and O–H groups in total. The molecule has 0 saturated carbocycles. The number of aliphatic hydroxyl groups excluding tert-OH is 3. The highest BCUT2D eigenvalue weighted by Gasteiger charge is 2.46. The van der Waals surface area contributed by atoms with Crippen LogP contribution in [-0.2, 0) is 46.3 Å². The van der Waals surface area contributed by atoms with Crippen LogP contribution >= 0.6 is 15.6 Å². The van der Waals surface area contributed by atoms with Crippen LogP contribution in [0, 0.1) is 5.92 Å². The largest absolute Gasteiger partial charge is 0.481 e. The van der Waals surface area contributed by atoms with E-state index in [1.165, 1.54) is 44.6 Å². The number of ether oxygens (including phenoxy) is 3. The number of nitrogens with zero attached hydrogens (tertiary/aromatic N) is 2. The molecule has 1 saturated heterocycles. The average molecular weight is 976 g/mol. The van der Waals surface area contributed by atoms with Gasteiger partial charge < -0.3 is 45.1 Å². The molecule has 21 heteroatoms. The number of carbonyl (C=O) groups is 2. The van der Waals surface area contributed by atoms with Gasteiger partial charge in [-0.15, -0.1) is 0 Å². The summed E-state index contributed by atoms with van der Waals surface area (Å²) in [7, 11) is -10.9. The van der Waals surface area contributed by atoms with E-state index in [-0.39, 0.29) is 18.7 Å². The average Bonchev–Trinajstić information content (AvgIpc) is 3.53. The zero-order chi connectivity index (χ0) is 48.8. The Balaban J connectivity index is 1.88. The summed E-state index contributed by atoms with van der Waals surface area (Å²) in [5.41, 5.74) is 4.56. The normalized spacial score (nSPS) is 20.7. The van der Waals surface area contributed by atoms with Crippen LogP contribution in [0.25, 0.3) is 0 Å². The van der Waals surface area contributed by atoms with Crippen LogP contribution in [-0.4, -0.2) is 96.9 Å². The minimum Gasteiger partial charge on any atom is -0.462 e. The summed E-state index contributed by atoms with van der Waals surface area (Å²) in [4.78, 5) is 61.6. The molecule has 0 amide bonds. The summed E-state index contributed by atoms with van der Waals surface area (Å²) in [6, 6.07) is 1.24. The van der Waals surface area contributed by atoms with Gasteiger partial charge in [0.1, 0.15) is 30.7 Å². The molecule has 1 aliphatic heterocycles. The van der Waals surface area contributed by atoms with Gasteiger partial charge in [0.2, 0.25) is 0 Å².